The Bertz CT molecular complexity index is 1620. The highest BCUT2D eigenvalue weighted by Crippen LogP contribution is 2.39. The van der Waals surface area contributed by atoms with Gasteiger partial charge in [-0.1, -0.05) is 43.1 Å². The number of halogens is 2. The zero-order valence-corrected chi connectivity index (χ0v) is 24.2. The Balaban J connectivity index is 2.06. The number of nitrogens with zero attached hydrogens (tertiary/aromatic N) is 5. The lowest BCUT2D eigenvalue weighted by atomic mass is 9.90. The van der Waals surface area contributed by atoms with Crippen LogP contribution in [-0.4, -0.2) is 49.6 Å². The fraction of sp³-hybridized carbons (Fsp3) is 0.296. The molecule has 0 radical (unpaired) electrons. The smallest absolute Gasteiger partial charge is 0.356 e. The van der Waals surface area contributed by atoms with E-state index in [1.165, 1.54) is 35.7 Å². The first-order chi connectivity index (χ1) is 19.0. The van der Waals surface area contributed by atoms with Gasteiger partial charge in [-0.3, -0.25) is 4.79 Å². The van der Waals surface area contributed by atoms with Crippen LogP contribution in [0.1, 0.15) is 58.7 Å². The van der Waals surface area contributed by atoms with Gasteiger partial charge in [0, 0.05) is 23.8 Å². The van der Waals surface area contributed by atoms with Crippen molar-refractivity contribution in [2.45, 2.75) is 32.7 Å². The van der Waals surface area contributed by atoms with Gasteiger partial charge in [-0.2, -0.15) is 10.1 Å². The van der Waals surface area contributed by atoms with E-state index in [9.17, 15) is 14.7 Å². The summed E-state index contributed by atoms with van der Waals surface area (Å²) in [6.07, 6.45) is 3.05. The number of methoxy groups -OCH3 is 2. The number of ether oxygens (including phenoxy) is 2. The van der Waals surface area contributed by atoms with Crippen molar-refractivity contribution >= 4 is 34.9 Å². The predicted molar refractivity (Wildman–Crippen MR) is 152 cm³/mol. The SMILES string of the molecule is COc1ncc(-n2nc(C(=O)O)c(C(Nc3cc(Cl)c(=O)n(C)c3)c3ccc(Cl)cc3C)c2C(C)C)c(OC)n1. The van der Waals surface area contributed by atoms with E-state index < -0.39 is 12.0 Å². The molecule has 0 aliphatic heterocycles. The summed E-state index contributed by atoms with van der Waals surface area (Å²) >= 11 is 12.5. The van der Waals surface area contributed by atoms with Gasteiger partial charge in [0.25, 0.3) is 5.56 Å². The number of aromatic nitrogens is 5. The molecule has 0 aliphatic rings. The maximum absolute atomic E-state index is 12.7. The van der Waals surface area contributed by atoms with Gasteiger partial charge < -0.3 is 24.5 Å². The zero-order valence-electron chi connectivity index (χ0n) is 22.7. The number of hydrogen-bond acceptors (Lipinski definition) is 8. The first kappa shape index (κ1) is 28.9. The van der Waals surface area contributed by atoms with Crippen LogP contribution in [0, 0.1) is 6.92 Å². The average molecular weight is 587 g/mol. The maximum Gasteiger partial charge on any atom is 0.356 e. The van der Waals surface area contributed by atoms with E-state index in [0.717, 1.165) is 11.1 Å². The third-order valence-electron chi connectivity index (χ3n) is 6.31. The van der Waals surface area contributed by atoms with Crippen LogP contribution in [0.15, 0.2) is 41.5 Å². The highest BCUT2D eigenvalue weighted by atomic mass is 35.5. The lowest BCUT2D eigenvalue weighted by Gasteiger charge is -2.25. The molecule has 3 aromatic heterocycles. The Labute approximate surface area is 240 Å². The van der Waals surface area contributed by atoms with Gasteiger partial charge in [0.2, 0.25) is 5.88 Å². The van der Waals surface area contributed by atoms with Gasteiger partial charge in [0.05, 0.1) is 37.8 Å². The molecule has 3 heterocycles. The van der Waals surface area contributed by atoms with Crippen LogP contribution in [0.5, 0.6) is 11.9 Å². The van der Waals surface area contributed by atoms with Crippen molar-refractivity contribution in [3.63, 3.8) is 0 Å². The van der Waals surface area contributed by atoms with E-state index in [0.29, 0.717) is 27.7 Å². The van der Waals surface area contributed by atoms with Gasteiger partial charge >= 0.3 is 12.0 Å². The molecule has 0 amide bonds. The summed E-state index contributed by atoms with van der Waals surface area (Å²) in [4.78, 5) is 33.4. The summed E-state index contributed by atoms with van der Waals surface area (Å²) in [5.41, 5.74) is 2.81. The maximum atomic E-state index is 12.7. The monoisotopic (exact) mass is 586 g/mol. The van der Waals surface area contributed by atoms with Gasteiger partial charge in [-0.15, -0.1) is 0 Å². The van der Waals surface area contributed by atoms with Crippen molar-refractivity contribution in [1.29, 1.82) is 0 Å². The minimum atomic E-state index is -1.24. The molecule has 4 rings (SSSR count). The molecule has 0 saturated heterocycles. The van der Waals surface area contributed by atoms with E-state index in [4.69, 9.17) is 32.7 Å². The number of aromatic carboxylic acids is 1. The van der Waals surface area contributed by atoms with Crippen molar-refractivity contribution in [1.82, 2.24) is 24.3 Å². The predicted octanol–water partition coefficient (Wildman–Crippen LogP) is 5.02. The van der Waals surface area contributed by atoms with Crippen LogP contribution < -0.4 is 20.3 Å². The molecule has 0 aliphatic carbocycles. The Kier molecular flexibility index (Phi) is 8.36. The topological polar surface area (TPSA) is 133 Å². The molecule has 4 aromatic rings. The molecule has 1 aromatic carbocycles. The number of benzene rings is 1. The molecule has 1 atom stereocenters. The van der Waals surface area contributed by atoms with E-state index in [-0.39, 0.29) is 34.1 Å². The molecule has 0 spiro atoms. The van der Waals surface area contributed by atoms with Crippen LogP contribution in [-0.2, 0) is 7.05 Å². The van der Waals surface area contributed by atoms with Crippen LogP contribution in [0.25, 0.3) is 5.69 Å². The molecule has 2 N–H and O–H groups in total. The molecular weight excluding hydrogens is 559 g/mol. The second-order valence-corrected chi connectivity index (χ2v) is 10.2. The summed E-state index contributed by atoms with van der Waals surface area (Å²) in [5.74, 6) is -1.30. The normalized spacial score (nSPS) is 11.9. The van der Waals surface area contributed by atoms with Crippen LogP contribution in [0.2, 0.25) is 10.0 Å². The summed E-state index contributed by atoms with van der Waals surface area (Å²) in [7, 11) is 4.45. The third-order valence-corrected chi connectivity index (χ3v) is 6.81. The Morgan fingerprint density at radius 3 is 2.45 bits per heavy atom. The Hall–Kier alpha value is -4.09. The molecule has 40 heavy (non-hydrogen) atoms. The minimum Gasteiger partial charge on any atom is -0.479 e. The molecule has 0 fully saturated rings. The number of carboxylic acid groups (broad SMARTS) is 1. The molecule has 0 saturated carbocycles. The number of rotatable bonds is 9. The number of pyridine rings is 1. The van der Waals surface area contributed by atoms with Crippen LogP contribution in [0.4, 0.5) is 5.69 Å². The minimum absolute atomic E-state index is 0.0115. The molecule has 210 valence electrons. The van der Waals surface area contributed by atoms with Gasteiger partial charge in [-0.05, 0) is 42.2 Å². The van der Waals surface area contributed by atoms with Gasteiger partial charge in [-0.25, -0.2) is 14.5 Å². The fourth-order valence-corrected chi connectivity index (χ4v) is 5.03. The van der Waals surface area contributed by atoms with E-state index in [1.807, 2.05) is 26.8 Å². The molecular formula is C27H28Cl2N6O5. The first-order valence-corrected chi connectivity index (χ1v) is 12.9. The number of nitrogens with one attached hydrogen (secondary N) is 1. The van der Waals surface area contributed by atoms with Crippen LogP contribution in [0.3, 0.4) is 0 Å². The van der Waals surface area contributed by atoms with E-state index >= 15 is 0 Å². The third kappa shape index (κ3) is 5.47. The largest absolute Gasteiger partial charge is 0.479 e. The van der Waals surface area contributed by atoms with E-state index in [2.05, 4.69) is 20.4 Å². The van der Waals surface area contributed by atoms with Gasteiger partial charge in [0.1, 0.15) is 10.7 Å². The molecule has 1 unspecified atom stereocenters. The molecule has 11 nitrogen and oxygen atoms in total. The number of anilines is 1. The average Bonchev–Trinajstić information content (AvgIpc) is 3.31. The molecule has 13 heteroatoms. The molecule has 0 bridgehead atoms. The summed E-state index contributed by atoms with van der Waals surface area (Å²) in [5, 5.41) is 18.8. The van der Waals surface area contributed by atoms with Crippen molar-refractivity contribution < 1.29 is 19.4 Å². The Morgan fingerprint density at radius 1 is 1.15 bits per heavy atom. The van der Waals surface area contributed by atoms with Crippen molar-refractivity contribution in [3.8, 4) is 17.6 Å². The number of hydrogen-bond donors (Lipinski definition) is 2. The van der Waals surface area contributed by atoms with Gasteiger partial charge in [0.15, 0.2) is 5.69 Å². The van der Waals surface area contributed by atoms with Crippen LogP contribution >= 0.6 is 23.2 Å². The van der Waals surface area contributed by atoms with Crippen molar-refractivity contribution in [3.05, 3.63) is 85.1 Å². The number of carboxylic acids is 1. The van der Waals surface area contributed by atoms with E-state index in [1.54, 1.807) is 25.4 Å². The highest BCUT2D eigenvalue weighted by molar-refractivity contribution is 6.31. The number of aryl methyl sites for hydroxylation is 2. The zero-order chi connectivity index (χ0) is 29.3. The summed E-state index contributed by atoms with van der Waals surface area (Å²) in [6, 6.07) is 6.19. The van der Waals surface area contributed by atoms with Crippen molar-refractivity contribution in [2.75, 3.05) is 19.5 Å². The second-order valence-electron chi connectivity index (χ2n) is 9.34. The quantitative estimate of drug-likeness (QED) is 0.277. The highest BCUT2D eigenvalue weighted by Gasteiger charge is 2.33. The standard InChI is InChI=1S/C27H28Cl2N6O5/c1-13(2)23-20(22(26(37)38)33-35(23)19-11-30-27(40-6)32-24(19)39-5)21(17-8-7-15(28)9-14(17)3)31-16-10-18(29)25(36)34(4)12-16/h7-13,21,31H,1-6H3,(H,37,38). The lowest BCUT2D eigenvalue weighted by molar-refractivity contribution is 0.0688. The fourth-order valence-electron chi connectivity index (χ4n) is 4.55. The summed E-state index contributed by atoms with van der Waals surface area (Å²) < 4.78 is 13.4. The number of carbonyl (C=O) groups is 1. The second kappa shape index (κ2) is 11.6. The lowest BCUT2D eigenvalue weighted by Crippen LogP contribution is -2.21. The summed E-state index contributed by atoms with van der Waals surface area (Å²) in [6.45, 7) is 5.73. The first-order valence-electron chi connectivity index (χ1n) is 12.2. The Morgan fingerprint density at radius 2 is 1.88 bits per heavy atom. The van der Waals surface area contributed by atoms with Crippen molar-refractivity contribution in [2.24, 2.45) is 7.05 Å².